The van der Waals surface area contributed by atoms with Crippen LogP contribution in [0.1, 0.15) is 0 Å². The number of fused-ring (bicyclic) bond motifs is 1. The maximum absolute atomic E-state index is 11.1. The van der Waals surface area contributed by atoms with Crippen LogP contribution in [-0.4, -0.2) is 25.3 Å². The van der Waals surface area contributed by atoms with Gasteiger partial charge in [-0.05, 0) is 36.1 Å². The number of benzene rings is 2. The normalized spacial score (nSPS) is 12.0. The molecule has 13 heteroatoms. The van der Waals surface area contributed by atoms with Crippen molar-refractivity contribution in [3.8, 4) is 45.4 Å². The summed E-state index contributed by atoms with van der Waals surface area (Å²) in [5, 5.41) is 4.06. The molecule has 0 atom stereocenters. The third-order valence-electron chi connectivity index (χ3n) is 4.19. The van der Waals surface area contributed by atoms with Gasteiger partial charge in [0.25, 0.3) is 0 Å². The van der Waals surface area contributed by atoms with Crippen molar-refractivity contribution in [2.45, 2.75) is 4.90 Å². The molecule has 0 bridgehead atoms. The third kappa shape index (κ3) is 5.83. The first-order valence-corrected chi connectivity index (χ1v) is 10.9. The molecular formula is C18H14NNa2O8PS. The zero-order chi connectivity index (χ0) is 20.6. The molecular weight excluding hydrogens is 467 g/mol. The summed E-state index contributed by atoms with van der Waals surface area (Å²) < 4.78 is 37.1. The van der Waals surface area contributed by atoms with Gasteiger partial charge >= 0.3 is 59.1 Å². The molecule has 0 N–H and O–H groups in total. The summed E-state index contributed by atoms with van der Waals surface area (Å²) in [6.45, 7) is 0.0854. The van der Waals surface area contributed by atoms with E-state index in [1.54, 1.807) is 30.5 Å². The van der Waals surface area contributed by atoms with Gasteiger partial charge in [-0.25, -0.2) is 0 Å². The molecule has 0 saturated heterocycles. The Morgan fingerprint density at radius 1 is 1.10 bits per heavy atom. The molecule has 1 aromatic heterocycles. The monoisotopic (exact) mass is 481 g/mol. The van der Waals surface area contributed by atoms with Gasteiger partial charge in [0.2, 0.25) is 12.5 Å². The van der Waals surface area contributed by atoms with Gasteiger partial charge in [0.1, 0.15) is 25.5 Å². The molecule has 1 aliphatic heterocycles. The summed E-state index contributed by atoms with van der Waals surface area (Å²) in [6, 6.07) is 8.32. The van der Waals surface area contributed by atoms with Gasteiger partial charge in [-0.3, -0.25) is 0 Å². The Bertz CT molecular complexity index is 1120. The Kier molecular flexibility index (Phi) is 9.42. The molecule has 0 aliphatic carbocycles. The SMILES string of the molecule is COc1cc(-c2nocc2-c2ccc(SC)c(OP(=O)([O-])[O-])c2)cc2c1OCO2.[Na+].[Na+]. The predicted molar refractivity (Wildman–Crippen MR) is 100 cm³/mol. The zero-order valence-corrected chi connectivity index (χ0v) is 23.0. The second kappa shape index (κ2) is 11.0. The molecule has 4 rings (SSSR count). The predicted octanol–water partition coefficient (Wildman–Crippen LogP) is -3.32. The second-order valence-corrected chi connectivity index (χ2v) is 7.82. The molecule has 2 heterocycles. The zero-order valence-electron chi connectivity index (χ0n) is 17.2. The number of methoxy groups -OCH3 is 1. The van der Waals surface area contributed by atoms with E-state index in [4.69, 9.17) is 18.7 Å². The van der Waals surface area contributed by atoms with Gasteiger partial charge in [0.15, 0.2) is 11.5 Å². The van der Waals surface area contributed by atoms with Crippen molar-refractivity contribution in [3.05, 3.63) is 36.6 Å². The van der Waals surface area contributed by atoms with Crippen molar-refractivity contribution < 1.29 is 96.7 Å². The molecule has 0 fully saturated rings. The van der Waals surface area contributed by atoms with E-state index in [9.17, 15) is 14.4 Å². The van der Waals surface area contributed by atoms with E-state index in [1.165, 1.54) is 31.2 Å². The maximum Gasteiger partial charge on any atom is 1.00 e. The van der Waals surface area contributed by atoms with Gasteiger partial charge in [-0.1, -0.05) is 11.2 Å². The Labute approximate surface area is 226 Å². The van der Waals surface area contributed by atoms with Crippen molar-refractivity contribution in [2.75, 3.05) is 20.2 Å². The number of phosphoric acid groups is 1. The van der Waals surface area contributed by atoms with Crippen LogP contribution in [0.5, 0.6) is 23.0 Å². The summed E-state index contributed by atoms with van der Waals surface area (Å²) in [5.74, 6) is 1.43. The topological polar surface area (TPSA) is 126 Å². The molecule has 1 aliphatic rings. The van der Waals surface area contributed by atoms with Crippen LogP contribution < -0.4 is 87.6 Å². The number of nitrogens with zero attached hydrogens (tertiary/aromatic N) is 1. The summed E-state index contributed by atoms with van der Waals surface area (Å²) in [6.07, 6.45) is 3.16. The Morgan fingerprint density at radius 2 is 1.84 bits per heavy atom. The average Bonchev–Trinajstić information content (AvgIpc) is 3.35. The molecule has 0 unspecified atom stereocenters. The largest absolute Gasteiger partial charge is 1.00 e. The first-order chi connectivity index (χ1) is 13.9. The first-order valence-electron chi connectivity index (χ1n) is 8.22. The molecule has 152 valence electrons. The number of hydrogen-bond donors (Lipinski definition) is 0. The summed E-state index contributed by atoms with van der Waals surface area (Å²) >= 11 is 1.25. The van der Waals surface area contributed by atoms with Crippen molar-refractivity contribution in [1.82, 2.24) is 5.16 Å². The van der Waals surface area contributed by atoms with Gasteiger partial charge in [-0.15, -0.1) is 11.8 Å². The molecule has 31 heavy (non-hydrogen) atoms. The van der Waals surface area contributed by atoms with E-state index < -0.39 is 7.82 Å². The summed E-state index contributed by atoms with van der Waals surface area (Å²) in [5.41, 5.74) is 2.23. The fraction of sp³-hybridized carbons (Fsp3) is 0.167. The number of rotatable bonds is 6. The number of aromatic nitrogens is 1. The molecule has 0 amide bonds. The Hall–Kier alpha value is -0.650. The third-order valence-corrected chi connectivity index (χ3v) is 5.38. The van der Waals surface area contributed by atoms with Crippen molar-refractivity contribution in [1.29, 1.82) is 0 Å². The average molecular weight is 481 g/mol. The second-order valence-electron chi connectivity index (χ2n) is 5.89. The summed E-state index contributed by atoms with van der Waals surface area (Å²) in [4.78, 5) is 22.7. The fourth-order valence-electron chi connectivity index (χ4n) is 2.95. The van der Waals surface area contributed by atoms with E-state index in [0.717, 1.165) is 0 Å². The minimum atomic E-state index is -5.21. The van der Waals surface area contributed by atoms with Crippen LogP contribution in [0.4, 0.5) is 0 Å². The van der Waals surface area contributed by atoms with Crippen LogP contribution in [0.2, 0.25) is 0 Å². The van der Waals surface area contributed by atoms with E-state index in [2.05, 4.69) is 9.68 Å². The number of ether oxygens (including phenoxy) is 3. The van der Waals surface area contributed by atoms with Gasteiger partial charge in [0, 0.05) is 16.0 Å². The van der Waals surface area contributed by atoms with Crippen LogP contribution in [0.25, 0.3) is 22.4 Å². The standard InChI is InChI=1S/C18H16NO8PS.2Na/c1-23-14-6-11(7-15-18(14)25-9-24-15)17-12(8-26-19-17)10-3-4-16(29-2)13(5-10)27-28(20,21)22;;/h3-8H,9H2,1-2H3,(H2,20,21,22);;/q;2*+1/p-2. The van der Waals surface area contributed by atoms with Crippen molar-refractivity contribution in [2.24, 2.45) is 0 Å². The van der Waals surface area contributed by atoms with E-state index >= 15 is 0 Å². The number of hydrogen-bond acceptors (Lipinski definition) is 10. The maximum atomic E-state index is 11.1. The van der Waals surface area contributed by atoms with Crippen molar-refractivity contribution >= 4 is 19.6 Å². The van der Waals surface area contributed by atoms with Crippen molar-refractivity contribution in [3.63, 3.8) is 0 Å². The number of thioether (sulfide) groups is 1. The van der Waals surface area contributed by atoms with Crippen LogP contribution in [-0.2, 0) is 4.57 Å². The van der Waals surface area contributed by atoms with Crippen LogP contribution >= 0.6 is 19.6 Å². The van der Waals surface area contributed by atoms with Crippen LogP contribution in [0.3, 0.4) is 0 Å². The Morgan fingerprint density at radius 3 is 2.52 bits per heavy atom. The quantitative estimate of drug-likeness (QED) is 0.201. The fourth-order valence-corrected chi connectivity index (χ4v) is 3.91. The van der Waals surface area contributed by atoms with Gasteiger partial charge in [-0.2, -0.15) is 0 Å². The molecule has 2 aromatic carbocycles. The van der Waals surface area contributed by atoms with Crippen LogP contribution in [0.15, 0.2) is 46.0 Å². The van der Waals surface area contributed by atoms with E-state index in [-0.39, 0.29) is 71.7 Å². The molecule has 0 saturated carbocycles. The number of phosphoric ester groups is 1. The minimum Gasteiger partial charge on any atom is -0.780 e. The molecule has 0 spiro atoms. The smallest absolute Gasteiger partial charge is 0.780 e. The minimum absolute atomic E-state index is 0. The molecule has 9 nitrogen and oxygen atoms in total. The molecule has 0 radical (unpaired) electrons. The van der Waals surface area contributed by atoms with Gasteiger partial charge < -0.3 is 37.6 Å². The summed E-state index contributed by atoms with van der Waals surface area (Å²) in [7, 11) is -3.70. The first kappa shape index (κ1) is 26.6. The van der Waals surface area contributed by atoms with Crippen LogP contribution in [0, 0.1) is 0 Å². The van der Waals surface area contributed by atoms with E-state index in [1.807, 2.05) is 0 Å². The van der Waals surface area contributed by atoms with Gasteiger partial charge in [0.05, 0.1) is 7.11 Å². The van der Waals surface area contributed by atoms with E-state index in [0.29, 0.717) is 44.5 Å². The molecule has 3 aromatic rings. The Balaban J connectivity index is 0.00000171.